The second kappa shape index (κ2) is 6.96. The largest absolute Gasteiger partial charge is 0.461 e. The number of carbonyl (C=O) groups is 2. The molecule has 0 saturated carbocycles. The number of nitrogens with zero attached hydrogens (tertiary/aromatic N) is 1. The van der Waals surface area contributed by atoms with E-state index in [1.165, 1.54) is 6.26 Å². The fourth-order valence-corrected chi connectivity index (χ4v) is 2.55. The van der Waals surface area contributed by atoms with Crippen LogP contribution in [0.25, 0.3) is 0 Å². The predicted octanol–water partition coefficient (Wildman–Crippen LogP) is 2.45. The van der Waals surface area contributed by atoms with E-state index in [9.17, 15) is 9.59 Å². The molecule has 2 heterocycles. The Morgan fingerprint density at radius 1 is 1.45 bits per heavy atom. The standard InChI is InChI=1S/C16H24N2O4/c1-16(2,3)22-15(20)17-10-12-6-4-8-18(12)11-13(19)14-7-5-9-21-14/h5,7,9,12H,4,6,8,10-11H2,1-3H3,(H,17,20)/t12-/m0/s1. The summed E-state index contributed by atoms with van der Waals surface area (Å²) in [6.07, 6.45) is 3.06. The summed E-state index contributed by atoms with van der Waals surface area (Å²) in [6.45, 7) is 7.14. The number of hydrogen-bond acceptors (Lipinski definition) is 5. The van der Waals surface area contributed by atoms with Crippen LogP contribution < -0.4 is 5.32 Å². The third kappa shape index (κ3) is 4.87. The number of carbonyl (C=O) groups excluding carboxylic acids is 2. The second-order valence-electron chi connectivity index (χ2n) is 6.55. The van der Waals surface area contributed by atoms with Crippen molar-refractivity contribution in [3.63, 3.8) is 0 Å². The lowest BCUT2D eigenvalue weighted by Gasteiger charge is -2.25. The molecule has 6 nitrogen and oxygen atoms in total. The number of furan rings is 1. The van der Waals surface area contributed by atoms with Crippen molar-refractivity contribution in [1.29, 1.82) is 0 Å². The molecule has 1 atom stereocenters. The maximum atomic E-state index is 12.1. The SMILES string of the molecule is CC(C)(C)OC(=O)NC[C@@H]1CCCN1CC(=O)c1ccco1. The van der Waals surface area contributed by atoms with Gasteiger partial charge in [0.15, 0.2) is 5.76 Å². The zero-order valence-corrected chi connectivity index (χ0v) is 13.4. The summed E-state index contributed by atoms with van der Waals surface area (Å²) < 4.78 is 10.4. The smallest absolute Gasteiger partial charge is 0.407 e. The molecule has 1 aliphatic heterocycles. The van der Waals surface area contributed by atoms with Gasteiger partial charge in [-0.1, -0.05) is 0 Å². The number of amides is 1. The van der Waals surface area contributed by atoms with Gasteiger partial charge in [-0.25, -0.2) is 4.79 Å². The molecule has 0 unspecified atom stereocenters. The molecule has 1 aromatic rings. The first-order valence-electron chi connectivity index (χ1n) is 7.63. The van der Waals surface area contributed by atoms with E-state index in [2.05, 4.69) is 10.2 Å². The molecule has 22 heavy (non-hydrogen) atoms. The van der Waals surface area contributed by atoms with Crippen LogP contribution in [-0.4, -0.2) is 48.1 Å². The van der Waals surface area contributed by atoms with Crippen LogP contribution >= 0.6 is 0 Å². The number of Topliss-reactive ketones (excluding diaryl/α,β-unsaturated/α-hetero) is 1. The van der Waals surface area contributed by atoms with Crippen LogP contribution in [0, 0.1) is 0 Å². The van der Waals surface area contributed by atoms with Gasteiger partial charge in [0.1, 0.15) is 5.60 Å². The summed E-state index contributed by atoms with van der Waals surface area (Å²) in [5.74, 6) is 0.347. The first-order valence-corrected chi connectivity index (χ1v) is 7.63. The normalized spacial score (nSPS) is 19.1. The van der Waals surface area contributed by atoms with Crippen molar-refractivity contribution in [2.75, 3.05) is 19.6 Å². The Morgan fingerprint density at radius 3 is 2.86 bits per heavy atom. The van der Waals surface area contributed by atoms with Crippen LogP contribution in [0.3, 0.4) is 0 Å². The van der Waals surface area contributed by atoms with Gasteiger partial charge in [-0.3, -0.25) is 9.69 Å². The first-order chi connectivity index (χ1) is 10.3. The first kappa shape index (κ1) is 16.5. The van der Waals surface area contributed by atoms with E-state index in [0.29, 0.717) is 18.8 Å². The van der Waals surface area contributed by atoms with Crippen molar-refractivity contribution >= 4 is 11.9 Å². The number of likely N-dealkylation sites (tertiary alicyclic amines) is 1. The van der Waals surface area contributed by atoms with E-state index >= 15 is 0 Å². The Balaban J connectivity index is 1.81. The highest BCUT2D eigenvalue weighted by Gasteiger charge is 2.28. The van der Waals surface area contributed by atoms with Gasteiger partial charge in [0.2, 0.25) is 5.78 Å². The number of hydrogen-bond donors (Lipinski definition) is 1. The number of nitrogens with one attached hydrogen (secondary N) is 1. The highest BCUT2D eigenvalue weighted by Crippen LogP contribution is 2.17. The van der Waals surface area contributed by atoms with Gasteiger partial charge in [-0.2, -0.15) is 0 Å². The zero-order chi connectivity index (χ0) is 16.2. The Bertz CT molecular complexity index is 505. The van der Waals surface area contributed by atoms with E-state index in [-0.39, 0.29) is 11.8 Å². The van der Waals surface area contributed by atoms with E-state index in [1.54, 1.807) is 12.1 Å². The van der Waals surface area contributed by atoms with Crippen molar-refractivity contribution in [2.45, 2.75) is 45.3 Å². The lowest BCUT2D eigenvalue weighted by molar-refractivity contribution is 0.0513. The maximum absolute atomic E-state index is 12.1. The summed E-state index contributed by atoms with van der Waals surface area (Å²) in [5.41, 5.74) is -0.505. The van der Waals surface area contributed by atoms with Crippen LogP contribution in [0.5, 0.6) is 0 Å². The van der Waals surface area contributed by atoms with Crippen LogP contribution in [0.4, 0.5) is 4.79 Å². The zero-order valence-electron chi connectivity index (χ0n) is 13.4. The Hall–Kier alpha value is -1.82. The molecule has 6 heteroatoms. The summed E-state index contributed by atoms with van der Waals surface area (Å²) in [5, 5.41) is 2.78. The molecule has 122 valence electrons. The number of rotatable bonds is 5. The van der Waals surface area contributed by atoms with Gasteiger partial charge in [0.25, 0.3) is 0 Å². The van der Waals surface area contributed by atoms with Crippen molar-refractivity contribution in [2.24, 2.45) is 0 Å². The Labute approximate surface area is 130 Å². The molecular weight excluding hydrogens is 284 g/mol. The van der Waals surface area contributed by atoms with Crippen LogP contribution in [0.1, 0.15) is 44.2 Å². The monoisotopic (exact) mass is 308 g/mol. The lowest BCUT2D eigenvalue weighted by atomic mass is 10.2. The average Bonchev–Trinajstić information content (AvgIpc) is 3.05. The lowest BCUT2D eigenvalue weighted by Crippen LogP contribution is -2.43. The van der Waals surface area contributed by atoms with Gasteiger partial charge in [0.05, 0.1) is 12.8 Å². The molecule has 1 saturated heterocycles. The Morgan fingerprint density at radius 2 is 2.23 bits per heavy atom. The summed E-state index contributed by atoms with van der Waals surface area (Å²) >= 11 is 0. The minimum atomic E-state index is -0.505. The molecule has 0 spiro atoms. The molecule has 0 aromatic carbocycles. The van der Waals surface area contributed by atoms with E-state index in [0.717, 1.165) is 19.4 Å². The third-order valence-electron chi connectivity index (χ3n) is 3.52. The molecule has 1 N–H and O–H groups in total. The minimum absolute atomic E-state index is 0.0332. The second-order valence-corrected chi connectivity index (χ2v) is 6.55. The molecule has 1 aromatic heterocycles. The van der Waals surface area contributed by atoms with Gasteiger partial charge >= 0.3 is 6.09 Å². The summed E-state index contributed by atoms with van der Waals surface area (Å²) in [6, 6.07) is 3.54. The van der Waals surface area contributed by atoms with Crippen molar-refractivity contribution in [1.82, 2.24) is 10.2 Å². The minimum Gasteiger partial charge on any atom is -0.461 e. The number of alkyl carbamates (subject to hydrolysis) is 1. The molecule has 0 bridgehead atoms. The molecular formula is C16H24N2O4. The summed E-state index contributed by atoms with van der Waals surface area (Å²) in [7, 11) is 0. The van der Waals surface area contributed by atoms with E-state index < -0.39 is 11.7 Å². The molecule has 2 rings (SSSR count). The molecule has 0 aliphatic carbocycles. The maximum Gasteiger partial charge on any atom is 0.407 e. The molecule has 0 radical (unpaired) electrons. The molecule has 1 amide bonds. The van der Waals surface area contributed by atoms with Crippen molar-refractivity contribution in [3.05, 3.63) is 24.2 Å². The van der Waals surface area contributed by atoms with Crippen LogP contribution in [-0.2, 0) is 4.74 Å². The van der Waals surface area contributed by atoms with Gasteiger partial charge < -0.3 is 14.5 Å². The van der Waals surface area contributed by atoms with E-state index in [1.807, 2.05) is 20.8 Å². The highest BCUT2D eigenvalue weighted by atomic mass is 16.6. The van der Waals surface area contributed by atoms with Gasteiger partial charge in [-0.05, 0) is 52.3 Å². The Kier molecular flexibility index (Phi) is 5.24. The van der Waals surface area contributed by atoms with Gasteiger partial charge in [0, 0.05) is 12.6 Å². The van der Waals surface area contributed by atoms with Crippen LogP contribution in [0.15, 0.2) is 22.8 Å². The quantitative estimate of drug-likeness (QED) is 0.846. The van der Waals surface area contributed by atoms with Crippen LogP contribution in [0.2, 0.25) is 0 Å². The fraction of sp³-hybridized carbons (Fsp3) is 0.625. The molecule has 1 aliphatic rings. The average molecular weight is 308 g/mol. The van der Waals surface area contributed by atoms with Crippen molar-refractivity contribution < 1.29 is 18.7 Å². The summed E-state index contributed by atoms with van der Waals surface area (Å²) in [4.78, 5) is 25.9. The molecule has 1 fully saturated rings. The van der Waals surface area contributed by atoms with Crippen molar-refractivity contribution in [3.8, 4) is 0 Å². The fourth-order valence-electron chi connectivity index (χ4n) is 2.55. The predicted molar refractivity (Wildman–Crippen MR) is 81.9 cm³/mol. The topological polar surface area (TPSA) is 71.8 Å². The van der Waals surface area contributed by atoms with E-state index in [4.69, 9.17) is 9.15 Å². The van der Waals surface area contributed by atoms with Gasteiger partial charge in [-0.15, -0.1) is 0 Å². The number of ether oxygens (including phenoxy) is 1. The highest BCUT2D eigenvalue weighted by molar-refractivity contribution is 5.95. The third-order valence-corrected chi connectivity index (χ3v) is 3.52. The number of ketones is 1.